The van der Waals surface area contributed by atoms with Crippen molar-refractivity contribution < 1.29 is 4.39 Å². The van der Waals surface area contributed by atoms with Gasteiger partial charge in [0.05, 0.1) is 18.1 Å². The summed E-state index contributed by atoms with van der Waals surface area (Å²) >= 11 is 1.57. The number of hydrogen-bond donors (Lipinski definition) is 2. The second-order valence-electron chi connectivity index (χ2n) is 6.44. The lowest BCUT2D eigenvalue weighted by molar-refractivity contribution is 0.628. The maximum atomic E-state index is 13.9. The molecule has 6 nitrogen and oxygen atoms in total. The topological polar surface area (TPSA) is 79.4 Å². The Kier molecular flexibility index (Phi) is 3.98. The first-order valence-electron chi connectivity index (χ1n) is 8.74. The maximum Gasteiger partial charge on any atom is 0.182 e. The molecule has 0 bridgehead atoms. The van der Waals surface area contributed by atoms with E-state index in [0.29, 0.717) is 11.5 Å². The number of rotatable bonds is 4. The van der Waals surface area contributed by atoms with Crippen LogP contribution in [0.2, 0.25) is 0 Å². The minimum absolute atomic E-state index is 0.128. The zero-order valence-electron chi connectivity index (χ0n) is 14.8. The summed E-state index contributed by atoms with van der Waals surface area (Å²) in [5.41, 5.74) is 3.80. The number of pyridine rings is 1. The minimum Gasteiger partial charge on any atom is -0.362 e. The Balaban J connectivity index is 1.62. The third-order valence-corrected chi connectivity index (χ3v) is 5.44. The number of nitrogens with one attached hydrogen (secondary N) is 2. The molecule has 2 N–H and O–H groups in total. The molecule has 4 heterocycles. The van der Waals surface area contributed by atoms with E-state index in [-0.39, 0.29) is 11.9 Å². The number of nitrogens with zero attached hydrogens (tertiary/aromatic N) is 4. The molecule has 4 aromatic heterocycles. The van der Waals surface area contributed by atoms with E-state index < -0.39 is 0 Å². The van der Waals surface area contributed by atoms with E-state index in [1.54, 1.807) is 23.7 Å². The van der Waals surface area contributed by atoms with Gasteiger partial charge >= 0.3 is 0 Å². The van der Waals surface area contributed by atoms with Crippen molar-refractivity contribution in [2.24, 2.45) is 0 Å². The molecule has 0 aliphatic carbocycles. The number of anilines is 1. The zero-order valence-corrected chi connectivity index (χ0v) is 15.7. The van der Waals surface area contributed by atoms with E-state index in [4.69, 9.17) is 4.98 Å². The van der Waals surface area contributed by atoms with Gasteiger partial charge in [0, 0.05) is 16.5 Å². The molecule has 0 saturated carbocycles. The molecule has 0 fully saturated rings. The molecular weight excluding hydrogens is 375 g/mol. The standard InChI is InChI=1S/C20H15FN6S/c1-11(26-19-17-18(23-9-22-17)24-10-25-19)15-8-13-5-6-28-20(13)27-16(15)12-3-2-4-14(21)7-12/h2-11H,1H3,(H2,22,23,24,25,26). The highest BCUT2D eigenvalue weighted by molar-refractivity contribution is 7.16. The van der Waals surface area contributed by atoms with Gasteiger partial charge in [-0.25, -0.2) is 24.3 Å². The Bertz CT molecular complexity index is 1290. The molecule has 1 aromatic carbocycles. The Morgan fingerprint density at radius 1 is 1.14 bits per heavy atom. The van der Waals surface area contributed by atoms with Crippen LogP contribution in [-0.2, 0) is 0 Å². The predicted octanol–water partition coefficient (Wildman–Crippen LogP) is 4.94. The lowest BCUT2D eigenvalue weighted by Gasteiger charge is -2.18. The smallest absolute Gasteiger partial charge is 0.182 e. The van der Waals surface area contributed by atoms with Crippen LogP contribution in [0.15, 0.2) is 54.4 Å². The van der Waals surface area contributed by atoms with Crippen molar-refractivity contribution in [2.45, 2.75) is 13.0 Å². The summed E-state index contributed by atoms with van der Waals surface area (Å²) in [6.07, 6.45) is 3.07. The Morgan fingerprint density at radius 3 is 2.96 bits per heavy atom. The molecule has 138 valence electrons. The highest BCUT2D eigenvalue weighted by Crippen LogP contribution is 2.33. The third-order valence-electron chi connectivity index (χ3n) is 4.61. The fourth-order valence-electron chi connectivity index (χ4n) is 3.27. The van der Waals surface area contributed by atoms with E-state index in [1.807, 2.05) is 24.4 Å². The van der Waals surface area contributed by atoms with Crippen molar-refractivity contribution in [3.8, 4) is 11.3 Å². The third kappa shape index (κ3) is 2.87. The van der Waals surface area contributed by atoms with Gasteiger partial charge in [-0.15, -0.1) is 11.3 Å². The molecular formula is C20H15FN6S. The fraction of sp³-hybridized carbons (Fsp3) is 0.100. The van der Waals surface area contributed by atoms with Gasteiger partial charge in [0.2, 0.25) is 0 Å². The van der Waals surface area contributed by atoms with Crippen LogP contribution < -0.4 is 5.32 Å². The summed E-state index contributed by atoms with van der Waals surface area (Å²) in [5.74, 6) is 0.373. The van der Waals surface area contributed by atoms with Gasteiger partial charge in [0.15, 0.2) is 11.5 Å². The average molecular weight is 390 g/mol. The number of aromatic amines is 1. The van der Waals surface area contributed by atoms with Crippen molar-refractivity contribution in [3.63, 3.8) is 0 Å². The van der Waals surface area contributed by atoms with Crippen LogP contribution in [0.5, 0.6) is 0 Å². The van der Waals surface area contributed by atoms with Crippen molar-refractivity contribution in [2.75, 3.05) is 5.32 Å². The quantitative estimate of drug-likeness (QED) is 0.454. The second-order valence-corrected chi connectivity index (χ2v) is 7.34. The van der Waals surface area contributed by atoms with Gasteiger partial charge in [0.1, 0.15) is 22.5 Å². The van der Waals surface area contributed by atoms with Gasteiger partial charge in [0.25, 0.3) is 0 Å². The van der Waals surface area contributed by atoms with Crippen molar-refractivity contribution in [1.29, 1.82) is 0 Å². The van der Waals surface area contributed by atoms with Gasteiger partial charge in [-0.05, 0) is 36.6 Å². The molecule has 0 spiro atoms. The van der Waals surface area contributed by atoms with Crippen LogP contribution in [0.3, 0.4) is 0 Å². The van der Waals surface area contributed by atoms with Crippen LogP contribution in [0.4, 0.5) is 10.2 Å². The highest BCUT2D eigenvalue weighted by atomic mass is 32.1. The van der Waals surface area contributed by atoms with Crippen molar-refractivity contribution in [3.05, 3.63) is 65.8 Å². The Hall–Kier alpha value is -3.39. The van der Waals surface area contributed by atoms with Crippen LogP contribution in [0.1, 0.15) is 18.5 Å². The predicted molar refractivity (Wildman–Crippen MR) is 109 cm³/mol. The molecule has 0 saturated heterocycles. The molecule has 5 rings (SSSR count). The zero-order chi connectivity index (χ0) is 19.1. The van der Waals surface area contributed by atoms with Crippen molar-refractivity contribution >= 4 is 38.5 Å². The molecule has 0 aliphatic heterocycles. The first-order chi connectivity index (χ1) is 13.7. The number of thiophene rings is 1. The molecule has 28 heavy (non-hydrogen) atoms. The first-order valence-corrected chi connectivity index (χ1v) is 9.62. The molecule has 8 heteroatoms. The second kappa shape index (κ2) is 6.65. The molecule has 5 aromatic rings. The summed E-state index contributed by atoms with van der Waals surface area (Å²) in [6, 6.07) is 10.5. The van der Waals surface area contributed by atoms with Crippen molar-refractivity contribution in [1.82, 2.24) is 24.9 Å². The summed E-state index contributed by atoms with van der Waals surface area (Å²) in [4.78, 5) is 21.5. The maximum absolute atomic E-state index is 13.9. The molecule has 0 radical (unpaired) electrons. The summed E-state index contributed by atoms with van der Waals surface area (Å²) < 4.78 is 13.9. The summed E-state index contributed by atoms with van der Waals surface area (Å²) in [5, 5.41) is 6.48. The Morgan fingerprint density at radius 2 is 2.07 bits per heavy atom. The van der Waals surface area contributed by atoms with E-state index >= 15 is 0 Å². The number of H-pyrrole nitrogens is 1. The van der Waals surface area contributed by atoms with E-state index in [1.165, 1.54) is 18.5 Å². The SMILES string of the molecule is CC(Nc1ncnc2nc[nH]c12)c1cc2ccsc2nc1-c1cccc(F)c1. The summed E-state index contributed by atoms with van der Waals surface area (Å²) in [7, 11) is 0. The molecule has 1 atom stereocenters. The molecule has 1 unspecified atom stereocenters. The van der Waals surface area contributed by atoms with Crippen LogP contribution in [-0.4, -0.2) is 24.9 Å². The van der Waals surface area contributed by atoms with Gasteiger partial charge in [-0.2, -0.15) is 0 Å². The number of aromatic nitrogens is 5. The lowest BCUT2D eigenvalue weighted by atomic mass is 9.99. The minimum atomic E-state index is -0.285. The fourth-order valence-corrected chi connectivity index (χ4v) is 4.02. The van der Waals surface area contributed by atoms with E-state index in [0.717, 1.165) is 32.6 Å². The van der Waals surface area contributed by atoms with Crippen LogP contribution in [0, 0.1) is 5.82 Å². The van der Waals surface area contributed by atoms with Crippen LogP contribution in [0.25, 0.3) is 32.6 Å². The normalized spacial score (nSPS) is 12.5. The monoisotopic (exact) mass is 390 g/mol. The van der Waals surface area contributed by atoms with Gasteiger partial charge in [-0.3, -0.25) is 0 Å². The van der Waals surface area contributed by atoms with Gasteiger partial charge in [-0.1, -0.05) is 12.1 Å². The number of halogens is 1. The largest absolute Gasteiger partial charge is 0.362 e. The number of imidazole rings is 1. The van der Waals surface area contributed by atoms with E-state index in [9.17, 15) is 4.39 Å². The van der Waals surface area contributed by atoms with Gasteiger partial charge < -0.3 is 10.3 Å². The summed E-state index contributed by atoms with van der Waals surface area (Å²) in [6.45, 7) is 2.03. The van der Waals surface area contributed by atoms with E-state index in [2.05, 4.69) is 31.3 Å². The first kappa shape index (κ1) is 16.8. The molecule has 0 amide bonds. The molecule has 0 aliphatic rings. The number of benzene rings is 1. The number of hydrogen-bond acceptors (Lipinski definition) is 6. The number of fused-ring (bicyclic) bond motifs is 2. The average Bonchev–Trinajstić information content (AvgIpc) is 3.36. The lowest BCUT2D eigenvalue weighted by Crippen LogP contribution is -2.11. The highest BCUT2D eigenvalue weighted by Gasteiger charge is 2.18. The Labute approximate surface area is 163 Å². The van der Waals surface area contributed by atoms with Crippen LogP contribution >= 0.6 is 11.3 Å².